The minimum atomic E-state index is -3.89. The molecule has 0 spiro atoms. The van der Waals surface area contributed by atoms with Gasteiger partial charge in [0.1, 0.15) is 16.5 Å². The summed E-state index contributed by atoms with van der Waals surface area (Å²) in [4.78, 5) is -0.141. The molecule has 0 unspecified atom stereocenters. The van der Waals surface area contributed by atoms with Crippen molar-refractivity contribution in [3.8, 4) is 5.75 Å². The average Bonchev–Trinajstić information content (AvgIpc) is 2.43. The number of nitrogens with two attached hydrogens (primary N) is 1. The Kier molecular flexibility index (Phi) is 4.38. The molecule has 0 saturated carbocycles. The van der Waals surface area contributed by atoms with Crippen molar-refractivity contribution in [3.05, 3.63) is 46.7 Å². The molecule has 3 N–H and O–H groups in total. The lowest BCUT2D eigenvalue weighted by molar-refractivity contribution is 0.415. The van der Waals surface area contributed by atoms with Crippen molar-refractivity contribution in [1.29, 1.82) is 0 Å². The fourth-order valence-electron chi connectivity index (χ4n) is 1.62. The van der Waals surface area contributed by atoms with E-state index in [2.05, 4.69) is 20.7 Å². The number of hydrogen-bond acceptors (Lipinski definition) is 4. The van der Waals surface area contributed by atoms with E-state index in [1.807, 2.05) is 0 Å². The van der Waals surface area contributed by atoms with Crippen molar-refractivity contribution in [3.63, 3.8) is 0 Å². The van der Waals surface area contributed by atoms with Gasteiger partial charge in [-0.3, -0.25) is 4.72 Å². The van der Waals surface area contributed by atoms with Gasteiger partial charge in [0.05, 0.1) is 12.8 Å². The molecule has 0 bridgehead atoms. The van der Waals surface area contributed by atoms with Crippen molar-refractivity contribution in [1.82, 2.24) is 0 Å². The normalized spacial score (nSPS) is 11.2. The third-order valence-electron chi connectivity index (χ3n) is 2.68. The number of nitrogen functional groups attached to an aromatic ring is 1. The van der Waals surface area contributed by atoms with Crippen LogP contribution in [0.1, 0.15) is 0 Å². The number of methoxy groups -OCH3 is 1. The second-order valence-electron chi connectivity index (χ2n) is 4.14. The maximum absolute atomic E-state index is 13.3. The maximum Gasteiger partial charge on any atom is 0.263 e. The minimum Gasteiger partial charge on any atom is -0.497 e. The molecule has 0 atom stereocenters. The van der Waals surface area contributed by atoms with Crippen molar-refractivity contribution in [2.45, 2.75) is 4.90 Å². The number of rotatable bonds is 4. The molecule has 0 heterocycles. The number of nitrogens with one attached hydrogen (secondary N) is 1. The van der Waals surface area contributed by atoms with Crippen LogP contribution in [0.2, 0.25) is 0 Å². The standard InChI is InChI=1S/C13H12BrFN2O3S/c1-20-9-4-2-8(3-5-9)17-21(18,19)13-7-12(16)11(15)6-10(13)14/h2-7,17H,16H2,1H3. The topological polar surface area (TPSA) is 81.4 Å². The van der Waals surface area contributed by atoms with E-state index in [1.54, 1.807) is 24.3 Å². The summed E-state index contributed by atoms with van der Waals surface area (Å²) in [6.45, 7) is 0. The SMILES string of the molecule is COc1ccc(NS(=O)(=O)c2cc(N)c(F)cc2Br)cc1. The van der Waals surface area contributed by atoms with E-state index in [4.69, 9.17) is 10.5 Å². The van der Waals surface area contributed by atoms with Crippen molar-refractivity contribution >= 4 is 37.3 Å². The maximum atomic E-state index is 13.3. The number of anilines is 2. The van der Waals surface area contributed by atoms with E-state index in [1.165, 1.54) is 7.11 Å². The van der Waals surface area contributed by atoms with Crippen molar-refractivity contribution in [2.24, 2.45) is 0 Å². The van der Waals surface area contributed by atoms with Gasteiger partial charge >= 0.3 is 0 Å². The minimum absolute atomic E-state index is 0.0928. The van der Waals surface area contributed by atoms with Crippen LogP contribution in [-0.4, -0.2) is 15.5 Å². The fraction of sp³-hybridized carbons (Fsp3) is 0.0769. The van der Waals surface area contributed by atoms with Crippen molar-refractivity contribution in [2.75, 3.05) is 17.6 Å². The quantitative estimate of drug-likeness (QED) is 0.806. The first-order chi connectivity index (χ1) is 9.83. The Morgan fingerprint density at radius 2 is 1.86 bits per heavy atom. The van der Waals surface area contributed by atoms with Gasteiger partial charge in [0.2, 0.25) is 0 Å². The highest BCUT2D eigenvalue weighted by atomic mass is 79.9. The Labute approximate surface area is 130 Å². The van der Waals surface area contributed by atoms with Crippen LogP contribution in [0, 0.1) is 5.82 Å². The molecular formula is C13H12BrFN2O3S. The highest BCUT2D eigenvalue weighted by molar-refractivity contribution is 9.10. The molecule has 0 aliphatic heterocycles. The molecule has 0 aromatic heterocycles. The summed E-state index contributed by atoms with van der Waals surface area (Å²) in [5.41, 5.74) is 5.52. The van der Waals surface area contributed by atoms with Gasteiger partial charge in [-0.25, -0.2) is 12.8 Å². The summed E-state index contributed by atoms with van der Waals surface area (Å²) in [5.74, 6) is -0.0876. The fourth-order valence-corrected chi connectivity index (χ4v) is 3.73. The zero-order chi connectivity index (χ0) is 15.6. The molecule has 0 aliphatic carbocycles. The molecule has 2 aromatic rings. The third kappa shape index (κ3) is 3.45. The largest absolute Gasteiger partial charge is 0.497 e. The van der Waals surface area contributed by atoms with E-state index in [-0.39, 0.29) is 15.1 Å². The van der Waals surface area contributed by atoms with E-state index in [0.717, 1.165) is 12.1 Å². The summed E-state index contributed by atoms with van der Waals surface area (Å²) >= 11 is 3.02. The smallest absolute Gasteiger partial charge is 0.263 e. The molecule has 0 amide bonds. The molecule has 2 rings (SSSR count). The lowest BCUT2D eigenvalue weighted by Crippen LogP contribution is -2.14. The number of hydrogen-bond donors (Lipinski definition) is 2. The van der Waals surface area contributed by atoms with E-state index >= 15 is 0 Å². The molecular weight excluding hydrogens is 363 g/mol. The van der Waals surface area contributed by atoms with Crippen LogP contribution in [0.3, 0.4) is 0 Å². The molecule has 21 heavy (non-hydrogen) atoms. The van der Waals surface area contributed by atoms with Crippen LogP contribution in [0.25, 0.3) is 0 Å². The van der Waals surface area contributed by atoms with E-state index in [0.29, 0.717) is 11.4 Å². The van der Waals surface area contributed by atoms with Gasteiger partial charge in [-0.15, -0.1) is 0 Å². The summed E-state index contributed by atoms with van der Waals surface area (Å²) in [6.07, 6.45) is 0. The third-order valence-corrected chi connectivity index (χ3v) is 5.02. The molecule has 112 valence electrons. The molecule has 0 saturated heterocycles. The van der Waals surface area contributed by atoms with Gasteiger partial charge < -0.3 is 10.5 Å². The second kappa shape index (κ2) is 5.90. The number of halogens is 2. The Morgan fingerprint density at radius 3 is 2.43 bits per heavy atom. The predicted molar refractivity (Wildman–Crippen MR) is 82.3 cm³/mol. The van der Waals surface area contributed by atoms with Crippen LogP contribution >= 0.6 is 15.9 Å². The number of ether oxygens (including phenoxy) is 1. The molecule has 5 nitrogen and oxygen atoms in total. The highest BCUT2D eigenvalue weighted by Gasteiger charge is 2.20. The van der Waals surface area contributed by atoms with Crippen LogP contribution in [0.5, 0.6) is 5.75 Å². The number of benzene rings is 2. The summed E-state index contributed by atoms with van der Waals surface area (Å²) < 4.78 is 45.3. The zero-order valence-corrected chi connectivity index (χ0v) is 13.3. The molecule has 8 heteroatoms. The van der Waals surface area contributed by atoms with Gasteiger partial charge in [0, 0.05) is 10.2 Å². The zero-order valence-electron chi connectivity index (χ0n) is 10.9. The first-order valence-corrected chi connectivity index (χ1v) is 8.02. The predicted octanol–water partition coefficient (Wildman–Crippen LogP) is 2.98. The summed E-state index contributed by atoms with van der Waals surface area (Å²) in [5, 5.41) is 0. The van der Waals surface area contributed by atoms with Gasteiger partial charge in [-0.1, -0.05) is 0 Å². The lowest BCUT2D eigenvalue weighted by Gasteiger charge is -2.11. The molecule has 0 radical (unpaired) electrons. The second-order valence-corrected chi connectivity index (χ2v) is 6.64. The van der Waals surface area contributed by atoms with Gasteiger partial charge in [-0.2, -0.15) is 0 Å². The van der Waals surface area contributed by atoms with Crippen LogP contribution in [0.15, 0.2) is 45.8 Å². The van der Waals surface area contributed by atoms with Gasteiger partial charge in [0.25, 0.3) is 10.0 Å². The average molecular weight is 375 g/mol. The van der Waals surface area contributed by atoms with Crippen molar-refractivity contribution < 1.29 is 17.5 Å². The van der Waals surface area contributed by atoms with Crippen LogP contribution in [0.4, 0.5) is 15.8 Å². The van der Waals surface area contributed by atoms with Crippen LogP contribution in [-0.2, 0) is 10.0 Å². The van der Waals surface area contributed by atoms with E-state index < -0.39 is 15.8 Å². The lowest BCUT2D eigenvalue weighted by atomic mass is 10.3. The Hall–Kier alpha value is -1.80. The van der Waals surface area contributed by atoms with E-state index in [9.17, 15) is 12.8 Å². The Bertz CT molecular complexity index is 764. The summed E-state index contributed by atoms with van der Waals surface area (Å²) in [6, 6.07) is 8.41. The van der Waals surface area contributed by atoms with Gasteiger partial charge in [-0.05, 0) is 52.3 Å². The number of sulfonamides is 1. The summed E-state index contributed by atoms with van der Waals surface area (Å²) in [7, 11) is -2.38. The highest BCUT2D eigenvalue weighted by Crippen LogP contribution is 2.28. The van der Waals surface area contributed by atoms with Crippen LogP contribution < -0.4 is 15.2 Å². The molecule has 0 aliphatic rings. The first-order valence-electron chi connectivity index (χ1n) is 5.75. The Morgan fingerprint density at radius 1 is 1.24 bits per heavy atom. The molecule has 2 aromatic carbocycles. The Balaban J connectivity index is 2.35. The van der Waals surface area contributed by atoms with Gasteiger partial charge in [0.15, 0.2) is 0 Å². The molecule has 0 fully saturated rings. The monoisotopic (exact) mass is 374 g/mol. The first kappa shape index (κ1) is 15.6.